The number of benzene rings is 1. The molecule has 0 aliphatic carbocycles. The molecule has 0 N–H and O–H groups in total. The van der Waals surface area contributed by atoms with Gasteiger partial charge in [0.2, 0.25) is 0 Å². The van der Waals surface area contributed by atoms with Gasteiger partial charge >= 0.3 is 5.69 Å². The van der Waals surface area contributed by atoms with Gasteiger partial charge in [-0.3, -0.25) is 13.9 Å². The summed E-state index contributed by atoms with van der Waals surface area (Å²) in [4.78, 5) is 25.7. The Morgan fingerprint density at radius 2 is 1.54 bits per heavy atom. The van der Waals surface area contributed by atoms with Gasteiger partial charge in [-0.25, -0.2) is 4.79 Å². The van der Waals surface area contributed by atoms with Crippen LogP contribution in [0.2, 0.25) is 0 Å². The second kappa shape index (κ2) is 7.05. The van der Waals surface area contributed by atoms with Gasteiger partial charge in [-0.05, 0) is 51.8 Å². The summed E-state index contributed by atoms with van der Waals surface area (Å²) < 4.78 is 29.3. The van der Waals surface area contributed by atoms with E-state index in [1.807, 2.05) is 6.92 Å². The molecule has 0 unspecified atom stereocenters. The van der Waals surface area contributed by atoms with Crippen LogP contribution in [0.1, 0.15) is 52.3 Å². The predicted molar refractivity (Wildman–Crippen MR) is 107 cm³/mol. The number of aromatic nitrogens is 4. The highest BCUT2D eigenvalue weighted by Crippen LogP contribution is 2.18. The van der Waals surface area contributed by atoms with Gasteiger partial charge in [0.25, 0.3) is 15.6 Å². The molecule has 0 fully saturated rings. The Morgan fingerprint density at radius 3 is 2.04 bits per heavy atom. The Morgan fingerprint density at radius 1 is 0.964 bits per heavy atom. The van der Waals surface area contributed by atoms with E-state index in [0.717, 1.165) is 20.6 Å². The Balaban J connectivity index is 2.32. The monoisotopic (exact) mass is 404 g/mol. The van der Waals surface area contributed by atoms with Crippen molar-refractivity contribution in [1.29, 1.82) is 0 Å². The maximum atomic E-state index is 13.0. The Hall–Kier alpha value is -2.68. The van der Waals surface area contributed by atoms with E-state index < -0.39 is 21.3 Å². The first kappa shape index (κ1) is 20.1. The molecule has 0 saturated heterocycles. The SMILES string of the molecule is CCc1ccc(S(=O)(=O)n2cc3c(=O)n(C(C)C)c(=O)n(C(C)C)c3n2)cc1. The molecule has 2 heterocycles. The summed E-state index contributed by atoms with van der Waals surface area (Å²) in [6.07, 6.45) is 1.99. The fraction of sp³-hybridized carbons (Fsp3) is 0.421. The molecule has 0 radical (unpaired) electrons. The summed E-state index contributed by atoms with van der Waals surface area (Å²) >= 11 is 0. The highest BCUT2D eigenvalue weighted by atomic mass is 32.2. The lowest BCUT2D eigenvalue weighted by molar-refractivity contribution is 0.486. The molecule has 1 aromatic carbocycles. The highest BCUT2D eigenvalue weighted by Gasteiger charge is 2.24. The van der Waals surface area contributed by atoms with E-state index in [1.165, 1.54) is 22.9 Å². The Kier molecular flexibility index (Phi) is 5.05. The number of hydrogen-bond donors (Lipinski definition) is 0. The van der Waals surface area contributed by atoms with Crippen molar-refractivity contribution < 1.29 is 8.42 Å². The predicted octanol–water partition coefficient (Wildman–Crippen LogP) is 2.32. The van der Waals surface area contributed by atoms with Gasteiger partial charge in [0, 0.05) is 12.1 Å². The molecule has 0 bridgehead atoms. The fourth-order valence-corrected chi connectivity index (χ4v) is 4.27. The van der Waals surface area contributed by atoms with E-state index in [0.29, 0.717) is 0 Å². The number of fused-ring (bicyclic) bond motifs is 1. The molecule has 3 rings (SSSR count). The van der Waals surface area contributed by atoms with Crippen molar-refractivity contribution in [3.8, 4) is 0 Å². The number of hydrogen-bond acceptors (Lipinski definition) is 5. The van der Waals surface area contributed by atoms with E-state index in [-0.39, 0.29) is 28.0 Å². The zero-order valence-electron chi connectivity index (χ0n) is 16.6. The van der Waals surface area contributed by atoms with Gasteiger partial charge in [0.1, 0.15) is 5.39 Å². The molecule has 9 heteroatoms. The maximum Gasteiger partial charge on any atom is 0.333 e. The Labute approximate surface area is 163 Å². The van der Waals surface area contributed by atoms with Crippen LogP contribution < -0.4 is 11.2 Å². The van der Waals surface area contributed by atoms with Crippen LogP contribution >= 0.6 is 0 Å². The van der Waals surface area contributed by atoms with Gasteiger partial charge < -0.3 is 0 Å². The van der Waals surface area contributed by atoms with Crippen LogP contribution in [0, 0.1) is 0 Å². The van der Waals surface area contributed by atoms with Gasteiger partial charge in [-0.1, -0.05) is 19.1 Å². The molecule has 3 aromatic rings. The smallest absolute Gasteiger partial charge is 0.273 e. The van der Waals surface area contributed by atoms with Crippen molar-refractivity contribution in [3.05, 3.63) is 56.9 Å². The lowest BCUT2D eigenvalue weighted by atomic mass is 10.2. The van der Waals surface area contributed by atoms with Crippen LogP contribution in [0.15, 0.2) is 44.9 Å². The first-order valence-corrected chi connectivity index (χ1v) is 10.6. The molecular formula is C19H24N4O4S. The van der Waals surface area contributed by atoms with Crippen LogP contribution in [0.4, 0.5) is 0 Å². The standard InChI is InChI=1S/C19H24N4O4S/c1-6-14-7-9-15(10-8-14)28(26,27)21-11-16-17(20-21)22(12(2)3)19(25)23(13(4)5)18(16)24/h7-13H,6H2,1-5H3. The average molecular weight is 404 g/mol. The second-order valence-electron chi connectivity index (χ2n) is 7.26. The minimum Gasteiger partial charge on any atom is -0.273 e. The largest absolute Gasteiger partial charge is 0.333 e. The third kappa shape index (κ3) is 3.09. The quantitative estimate of drug-likeness (QED) is 0.650. The number of aryl methyl sites for hydroxylation is 1. The average Bonchev–Trinajstić information content (AvgIpc) is 3.07. The highest BCUT2D eigenvalue weighted by molar-refractivity contribution is 7.89. The summed E-state index contributed by atoms with van der Waals surface area (Å²) in [7, 11) is -3.99. The van der Waals surface area contributed by atoms with Crippen molar-refractivity contribution >= 4 is 21.1 Å². The number of rotatable bonds is 5. The summed E-state index contributed by atoms with van der Waals surface area (Å²) in [6, 6.07) is 5.86. The number of nitrogens with zero attached hydrogens (tertiary/aromatic N) is 4. The third-order valence-corrected chi connectivity index (χ3v) is 6.22. The second-order valence-corrected chi connectivity index (χ2v) is 9.05. The molecule has 0 spiro atoms. The third-order valence-electron chi connectivity index (χ3n) is 4.67. The molecule has 0 saturated carbocycles. The summed E-state index contributed by atoms with van der Waals surface area (Å²) in [5.74, 6) is 0. The Bertz CT molecular complexity index is 1250. The molecule has 0 aliphatic heterocycles. The maximum absolute atomic E-state index is 13.0. The normalized spacial score (nSPS) is 12.4. The molecular weight excluding hydrogens is 380 g/mol. The van der Waals surface area contributed by atoms with E-state index in [2.05, 4.69) is 5.10 Å². The van der Waals surface area contributed by atoms with Gasteiger partial charge in [0.05, 0.1) is 11.1 Å². The molecule has 2 aromatic heterocycles. The van der Waals surface area contributed by atoms with Crippen molar-refractivity contribution in [2.24, 2.45) is 0 Å². The van der Waals surface area contributed by atoms with Crippen molar-refractivity contribution in [3.63, 3.8) is 0 Å². The molecule has 0 amide bonds. The summed E-state index contributed by atoms with van der Waals surface area (Å²) in [6.45, 7) is 9.01. The van der Waals surface area contributed by atoms with Crippen molar-refractivity contribution in [1.82, 2.24) is 18.3 Å². The van der Waals surface area contributed by atoms with E-state index >= 15 is 0 Å². The summed E-state index contributed by atoms with van der Waals surface area (Å²) in [5, 5.41) is 4.22. The van der Waals surface area contributed by atoms with E-state index in [1.54, 1.807) is 39.8 Å². The molecule has 0 aliphatic rings. The zero-order chi connectivity index (χ0) is 20.8. The van der Waals surface area contributed by atoms with Gasteiger partial charge in [0.15, 0.2) is 5.65 Å². The van der Waals surface area contributed by atoms with Crippen molar-refractivity contribution in [2.75, 3.05) is 0 Å². The van der Waals surface area contributed by atoms with E-state index in [9.17, 15) is 18.0 Å². The van der Waals surface area contributed by atoms with E-state index in [4.69, 9.17) is 0 Å². The topological polar surface area (TPSA) is 96.0 Å². The summed E-state index contributed by atoms with van der Waals surface area (Å²) in [5.41, 5.74) is 0.0285. The molecule has 0 atom stereocenters. The van der Waals surface area contributed by atoms with Crippen molar-refractivity contribution in [2.45, 2.75) is 58.0 Å². The van der Waals surface area contributed by atoms with Crippen LogP contribution in [0.5, 0.6) is 0 Å². The first-order chi connectivity index (χ1) is 13.1. The molecule has 150 valence electrons. The minimum atomic E-state index is -3.99. The zero-order valence-corrected chi connectivity index (χ0v) is 17.4. The van der Waals surface area contributed by atoms with Crippen LogP contribution in [-0.4, -0.2) is 26.7 Å². The lowest BCUT2D eigenvalue weighted by Crippen LogP contribution is -2.41. The van der Waals surface area contributed by atoms with Crippen LogP contribution in [-0.2, 0) is 16.4 Å². The minimum absolute atomic E-state index is 0.0654. The first-order valence-electron chi connectivity index (χ1n) is 9.20. The van der Waals surface area contributed by atoms with Gasteiger partial charge in [-0.2, -0.15) is 12.5 Å². The lowest BCUT2D eigenvalue weighted by Gasteiger charge is -2.15. The fourth-order valence-electron chi connectivity index (χ4n) is 3.15. The molecule has 8 nitrogen and oxygen atoms in total. The van der Waals surface area contributed by atoms with Gasteiger partial charge in [-0.15, -0.1) is 5.10 Å². The van der Waals surface area contributed by atoms with Crippen LogP contribution in [0.25, 0.3) is 11.0 Å². The molecule has 28 heavy (non-hydrogen) atoms. The van der Waals surface area contributed by atoms with Crippen LogP contribution in [0.3, 0.4) is 0 Å².